The van der Waals surface area contributed by atoms with Gasteiger partial charge in [-0.1, -0.05) is 6.92 Å². The highest BCUT2D eigenvalue weighted by atomic mass is 32.2. The predicted molar refractivity (Wildman–Crippen MR) is 65.3 cm³/mol. The van der Waals surface area contributed by atoms with Crippen molar-refractivity contribution < 1.29 is 17.7 Å². The van der Waals surface area contributed by atoms with Crippen LogP contribution in [0.3, 0.4) is 0 Å². The van der Waals surface area contributed by atoms with Crippen LogP contribution in [0.2, 0.25) is 0 Å². The summed E-state index contributed by atoms with van der Waals surface area (Å²) in [5.74, 6) is -1.07. The van der Waals surface area contributed by atoms with E-state index in [9.17, 15) is 22.9 Å². The fourth-order valence-electron chi connectivity index (χ4n) is 1.33. The zero-order valence-electron chi connectivity index (χ0n) is 9.83. The molecule has 0 heterocycles. The standard InChI is InChI=1S/C10H10FN3O4S/c1-2-8(6-12)19(17,18)13-7-3-4-9(11)10(5-7)14(15)16/h3-5,8,13H,2H2,1H3. The number of nitrogens with one attached hydrogen (secondary N) is 1. The fraction of sp³-hybridized carbons (Fsp3) is 0.300. The molecule has 1 aromatic rings. The van der Waals surface area contributed by atoms with Gasteiger partial charge in [0.05, 0.1) is 16.7 Å². The molecule has 1 rings (SSSR count). The van der Waals surface area contributed by atoms with Crippen LogP contribution in [-0.4, -0.2) is 18.6 Å². The molecule has 0 bridgehead atoms. The maximum absolute atomic E-state index is 13.1. The molecule has 0 amide bonds. The van der Waals surface area contributed by atoms with Crippen molar-refractivity contribution in [3.8, 4) is 6.07 Å². The van der Waals surface area contributed by atoms with E-state index in [1.807, 2.05) is 4.72 Å². The lowest BCUT2D eigenvalue weighted by molar-refractivity contribution is -0.387. The van der Waals surface area contributed by atoms with E-state index >= 15 is 0 Å². The van der Waals surface area contributed by atoms with Crippen LogP contribution in [0.4, 0.5) is 15.8 Å². The molecule has 0 aliphatic rings. The first-order valence-electron chi connectivity index (χ1n) is 5.17. The van der Waals surface area contributed by atoms with Gasteiger partial charge in [-0.05, 0) is 18.6 Å². The lowest BCUT2D eigenvalue weighted by Gasteiger charge is -2.11. The number of hydrogen-bond donors (Lipinski definition) is 1. The van der Waals surface area contributed by atoms with E-state index in [-0.39, 0.29) is 12.1 Å². The van der Waals surface area contributed by atoms with Crippen molar-refractivity contribution >= 4 is 21.4 Å². The van der Waals surface area contributed by atoms with Crippen molar-refractivity contribution in [3.63, 3.8) is 0 Å². The fourth-order valence-corrected chi connectivity index (χ4v) is 2.51. The molecule has 19 heavy (non-hydrogen) atoms. The highest BCUT2D eigenvalue weighted by Gasteiger charge is 2.24. The van der Waals surface area contributed by atoms with E-state index < -0.39 is 31.7 Å². The topological polar surface area (TPSA) is 113 Å². The van der Waals surface area contributed by atoms with Crippen molar-refractivity contribution in [1.82, 2.24) is 0 Å². The Hall–Kier alpha value is -2.21. The number of nitriles is 1. The summed E-state index contributed by atoms with van der Waals surface area (Å²) in [5, 5.41) is 17.9. The molecule has 0 aliphatic carbocycles. The van der Waals surface area contributed by atoms with Crippen molar-refractivity contribution in [3.05, 3.63) is 34.1 Å². The molecular formula is C10H10FN3O4S. The molecule has 9 heteroatoms. The van der Waals surface area contributed by atoms with Crippen LogP contribution in [0.1, 0.15) is 13.3 Å². The number of benzene rings is 1. The Bertz CT molecular complexity index is 639. The molecule has 1 aromatic carbocycles. The number of hydrogen-bond acceptors (Lipinski definition) is 5. The zero-order chi connectivity index (χ0) is 14.6. The molecule has 102 valence electrons. The molecule has 1 atom stereocenters. The van der Waals surface area contributed by atoms with Gasteiger partial charge in [0.15, 0.2) is 5.25 Å². The summed E-state index contributed by atoms with van der Waals surface area (Å²) in [6.07, 6.45) is 0.0646. The number of nitrogens with zero attached hydrogens (tertiary/aromatic N) is 2. The average molecular weight is 287 g/mol. The van der Waals surface area contributed by atoms with Gasteiger partial charge < -0.3 is 0 Å². The minimum absolute atomic E-state index is 0.0646. The third kappa shape index (κ3) is 3.38. The van der Waals surface area contributed by atoms with Crippen LogP contribution < -0.4 is 4.72 Å². The van der Waals surface area contributed by atoms with Crippen molar-refractivity contribution in [2.45, 2.75) is 18.6 Å². The molecule has 1 unspecified atom stereocenters. The molecule has 0 spiro atoms. The normalized spacial score (nSPS) is 12.5. The molecule has 0 aromatic heterocycles. The Morgan fingerprint density at radius 2 is 2.21 bits per heavy atom. The number of sulfonamides is 1. The number of nitro benzene ring substituents is 1. The summed E-state index contributed by atoms with van der Waals surface area (Å²) in [6, 6.07) is 4.19. The maximum atomic E-state index is 13.1. The summed E-state index contributed by atoms with van der Waals surface area (Å²) in [7, 11) is -3.99. The number of nitro groups is 1. The highest BCUT2D eigenvalue weighted by molar-refractivity contribution is 7.93. The van der Waals surface area contributed by atoms with Crippen LogP contribution >= 0.6 is 0 Å². The van der Waals surface area contributed by atoms with Crippen molar-refractivity contribution in [2.75, 3.05) is 4.72 Å². The van der Waals surface area contributed by atoms with Gasteiger partial charge in [0.2, 0.25) is 15.8 Å². The first-order valence-corrected chi connectivity index (χ1v) is 6.71. The minimum Gasteiger partial charge on any atom is -0.282 e. The van der Waals surface area contributed by atoms with E-state index in [1.165, 1.54) is 6.92 Å². The highest BCUT2D eigenvalue weighted by Crippen LogP contribution is 2.23. The first-order chi connectivity index (χ1) is 8.81. The van der Waals surface area contributed by atoms with E-state index in [2.05, 4.69) is 0 Å². The lowest BCUT2D eigenvalue weighted by atomic mass is 10.3. The lowest BCUT2D eigenvalue weighted by Crippen LogP contribution is -2.26. The summed E-state index contributed by atoms with van der Waals surface area (Å²) >= 11 is 0. The maximum Gasteiger partial charge on any atom is 0.306 e. The molecule has 0 fully saturated rings. The zero-order valence-corrected chi connectivity index (χ0v) is 10.6. The smallest absolute Gasteiger partial charge is 0.282 e. The number of rotatable bonds is 5. The van der Waals surface area contributed by atoms with Gasteiger partial charge in [-0.3, -0.25) is 14.8 Å². The van der Waals surface area contributed by atoms with Crippen LogP contribution in [0.5, 0.6) is 0 Å². The third-order valence-electron chi connectivity index (χ3n) is 2.29. The van der Waals surface area contributed by atoms with E-state index in [4.69, 9.17) is 5.26 Å². The quantitative estimate of drug-likeness (QED) is 0.655. The Morgan fingerprint density at radius 3 is 2.68 bits per heavy atom. The van der Waals surface area contributed by atoms with E-state index in [1.54, 1.807) is 6.07 Å². The van der Waals surface area contributed by atoms with Gasteiger partial charge >= 0.3 is 5.69 Å². The summed E-state index contributed by atoms with van der Waals surface area (Å²) < 4.78 is 38.6. The molecule has 0 aliphatic heterocycles. The molecular weight excluding hydrogens is 277 g/mol. The number of anilines is 1. The molecule has 0 radical (unpaired) electrons. The van der Waals surface area contributed by atoms with Gasteiger partial charge in [0.1, 0.15) is 0 Å². The van der Waals surface area contributed by atoms with Crippen LogP contribution in [0, 0.1) is 27.3 Å². The SMILES string of the molecule is CCC(C#N)S(=O)(=O)Nc1ccc(F)c([N+](=O)[O-])c1. The Labute approximate surface area is 108 Å². The minimum atomic E-state index is -3.99. The van der Waals surface area contributed by atoms with Crippen molar-refractivity contribution in [1.29, 1.82) is 5.26 Å². The third-order valence-corrected chi connectivity index (χ3v) is 4.00. The summed E-state index contributed by atoms with van der Waals surface area (Å²) in [6.45, 7) is 1.51. The second-order valence-electron chi connectivity index (χ2n) is 3.60. The van der Waals surface area contributed by atoms with Crippen molar-refractivity contribution in [2.24, 2.45) is 0 Å². The molecule has 1 N–H and O–H groups in total. The van der Waals surface area contributed by atoms with Gasteiger partial charge in [-0.25, -0.2) is 8.42 Å². The van der Waals surface area contributed by atoms with Gasteiger partial charge in [-0.2, -0.15) is 9.65 Å². The van der Waals surface area contributed by atoms with Crippen LogP contribution in [-0.2, 0) is 10.0 Å². The molecule has 0 saturated heterocycles. The Morgan fingerprint density at radius 1 is 1.58 bits per heavy atom. The monoisotopic (exact) mass is 287 g/mol. The summed E-state index contributed by atoms with van der Waals surface area (Å²) in [5.41, 5.74) is -1.01. The van der Waals surface area contributed by atoms with E-state index in [0.29, 0.717) is 0 Å². The molecule has 0 saturated carbocycles. The van der Waals surface area contributed by atoms with Gasteiger partial charge in [-0.15, -0.1) is 0 Å². The van der Waals surface area contributed by atoms with Gasteiger partial charge in [0.25, 0.3) is 0 Å². The second kappa shape index (κ2) is 5.62. The largest absolute Gasteiger partial charge is 0.306 e. The van der Waals surface area contributed by atoms with Gasteiger partial charge in [0, 0.05) is 6.07 Å². The van der Waals surface area contributed by atoms with Crippen LogP contribution in [0.25, 0.3) is 0 Å². The van der Waals surface area contributed by atoms with Crippen LogP contribution in [0.15, 0.2) is 18.2 Å². The Kier molecular flexibility index (Phi) is 4.39. The number of halogens is 1. The molecule has 7 nitrogen and oxygen atoms in total. The average Bonchev–Trinajstić information content (AvgIpc) is 2.32. The first kappa shape index (κ1) is 14.8. The van der Waals surface area contributed by atoms with E-state index in [0.717, 1.165) is 18.2 Å². The Balaban J connectivity index is 3.11. The second-order valence-corrected chi connectivity index (χ2v) is 5.46. The summed E-state index contributed by atoms with van der Waals surface area (Å²) in [4.78, 5) is 9.56. The predicted octanol–water partition coefficient (Wildman–Crippen LogP) is 1.78.